The lowest BCUT2D eigenvalue weighted by Gasteiger charge is -2.30. The highest BCUT2D eigenvalue weighted by molar-refractivity contribution is 7.91. The molecule has 1 unspecified atom stereocenters. The molecule has 41 heavy (non-hydrogen) atoms. The fourth-order valence-electron chi connectivity index (χ4n) is 4.15. The molecule has 226 valence electrons. The number of aromatic nitrogens is 1. The molecule has 0 radical (unpaired) electrons. The van der Waals surface area contributed by atoms with E-state index in [0.29, 0.717) is 29.3 Å². The maximum atomic E-state index is 13.6. The standard InChI is InChI=1S/C24H21ClF9N3O3S/c1-21(2,3)41(40)36-19(11-6-12(22(26,27)28)8-13(7-11)23(29,30)31)17-5-4-16(37(17)20(38)39)14-9-18(24(32,33)34)35-10-15(14)25/h6-10,16-17H,4-5H2,1-3H3,(H,38,39)/b36-19+/t16-,17-,41?/m0/s1. The van der Waals surface area contributed by atoms with Crippen molar-refractivity contribution in [3.05, 3.63) is 63.4 Å². The molecule has 1 aliphatic rings. The van der Waals surface area contributed by atoms with E-state index in [1.54, 1.807) is 0 Å². The SMILES string of the molecule is CC(C)(C)[S+]([O-])/N=C(\c1cc(C(F)(F)F)cc(C(F)(F)F)c1)[C@@H]1CC[C@@H](c2cc(C(F)(F)F)ncc2Cl)N1C(=O)O. The number of halogens is 10. The monoisotopic (exact) mass is 637 g/mol. The summed E-state index contributed by atoms with van der Waals surface area (Å²) in [5, 5.41) is 9.69. The summed E-state index contributed by atoms with van der Waals surface area (Å²) in [4.78, 5) is 16.1. The fourth-order valence-corrected chi connectivity index (χ4v) is 5.06. The lowest BCUT2D eigenvalue weighted by atomic mass is 9.96. The third-order valence-electron chi connectivity index (χ3n) is 6.04. The van der Waals surface area contributed by atoms with Crippen molar-refractivity contribution >= 4 is 34.8 Å². The molecule has 2 heterocycles. The summed E-state index contributed by atoms with van der Waals surface area (Å²) in [5.41, 5.74) is -6.67. The van der Waals surface area contributed by atoms with Crippen molar-refractivity contribution in [3.8, 4) is 0 Å². The highest BCUT2D eigenvalue weighted by atomic mass is 35.5. The Hall–Kier alpha value is -2.72. The Kier molecular flexibility index (Phi) is 8.93. The van der Waals surface area contributed by atoms with Crippen LogP contribution < -0.4 is 0 Å². The molecule has 17 heteroatoms. The third-order valence-corrected chi connectivity index (χ3v) is 7.77. The second-order valence-corrected chi connectivity index (χ2v) is 12.3. The molecule has 0 aliphatic carbocycles. The van der Waals surface area contributed by atoms with Crippen molar-refractivity contribution < 1.29 is 54.0 Å². The second kappa shape index (κ2) is 11.2. The second-order valence-electron chi connectivity index (χ2n) is 10.0. The van der Waals surface area contributed by atoms with Crippen LogP contribution in [0.4, 0.5) is 44.3 Å². The van der Waals surface area contributed by atoms with Crippen molar-refractivity contribution in [2.45, 2.75) is 69.0 Å². The molecule has 3 rings (SSSR count). The average Bonchev–Trinajstić information content (AvgIpc) is 3.24. The molecule has 0 bridgehead atoms. The number of benzene rings is 1. The number of hydrogen-bond acceptors (Lipinski definition) is 4. The Balaban J connectivity index is 2.27. The highest BCUT2D eigenvalue weighted by Crippen LogP contribution is 2.43. The van der Waals surface area contributed by atoms with Crippen LogP contribution in [0.2, 0.25) is 5.02 Å². The number of carboxylic acid groups (broad SMARTS) is 1. The van der Waals surface area contributed by atoms with Crippen LogP contribution in [0.1, 0.15) is 67.6 Å². The molecule has 1 aromatic heterocycles. The number of carbonyl (C=O) groups is 1. The molecule has 1 N–H and O–H groups in total. The van der Waals surface area contributed by atoms with E-state index >= 15 is 0 Å². The number of hydrogen-bond donors (Lipinski definition) is 1. The van der Waals surface area contributed by atoms with Gasteiger partial charge in [0.25, 0.3) is 0 Å². The molecule has 1 amide bonds. The van der Waals surface area contributed by atoms with Crippen LogP contribution in [-0.2, 0) is 29.9 Å². The molecule has 1 aliphatic heterocycles. The normalized spacial score (nSPS) is 20.0. The molecule has 0 spiro atoms. The van der Waals surface area contributed by atoms with Gasteiger partial charge in [0.1, 0.15) is 27.5 Å². The lowest BCUT2D eigenvalue weighted by molar-refractivity contribution is -0.143. The molecule has 2 aromatic rings. The highest BCUT2D eigenvalue weighted by Gasteiger charge is 2.46. The van der Waals surface area contributed by atoms with E-state index in [2.05, 4.69) is 9.38 Å². The van der Waals surface area contributed by atoms with Crippen LogP contribution in [0.25, 0.3) is 0 Å². The smallest absolute Gasteiger partial charge is 0.433 e. The van der Waals surface area contributed by atoms with Gasteiger partial charge in [-0.15, -0.1) is 0 Å². The Labute approximate surface area is 235 Å². The molecule has 0 saturated carbocycles. The summed E-state index contributed by atoms with van der Waals surface area (Å²) in [7, 11) is 0. The molecule has 3 atom stereocenters. The lowest BCUT2D eigenvalue weighted by Crippen LogP contribution is -2.42. The molecular weight excluding hydrogens is 617 g/mol. The minimum atomic E-state index is -5.26. The summed E-state index contributed by atoms with van der Waals surface area (Å²) >= 11 is 3.75. The van der Waals surface area contributed by atoms with Gasteiger partial charge >= 0.3 is 24.6 Å². The van der Waals surface area contributed by atoms with Crippen LogP contribution in [0, 0.1) is 0 Å². The summed E-state index contributed by atoms with van der Waals surface area (Å²) in [6.07, 6.45) is -17.1. The topological polar surface area (TPSA) is 88.9 Å². The first-order chi connectivity index (χ1) is 18.5. The van der Waals surface area contributed by atoms with E-state index in [-0.39, 0.29) is 29.5 Å². The van der Waals surface area contributed by atoms with Crippen LogP contribution >= 0.6 is 11.6 Å². The molecule has 1 saturated heterocycles. The van der Waals surface area contributed by atoms with E-state index in [4.69, 9.17) is 11.6 Å². The van der Waals surface area contributed by atoms with Crippen LogP contribution in [-0.4, -0.2) is 42.1 Å². The van der Waals surface area contributed by atoms with E-state index < -0.39 is 80.9 Å². The number of rotatable bonds is 4. The van der Waals surface area contributed by atoms with Gasteiger partial charge in [-0.3, -0.25) is 9.88 Å². The zero-order valence-corrected chi connectivity index (χ0v) is 22.8. The minimum Gasteiger partial charge on any atom is -0.591 e. The first-order valence-electron chi connectivity index (χ1n) is 11.6. The fraction of sp³-hybridized carbons (Fsp3) is 0.458. The Morgan fingerprint density at radius 3 is 1.95 bits per heavy atom. The van der Waals surface area contributed by atoms with Gasteiger partial charge in [-0.25, -0.2) is 4.79 Å². The van der Waals surface area contributed by atoms with E-state index in [9.17, 15) is 54.0 Å². The third kappa shape index (κ3) is 7.38. The molecular formula is C24H21ClF9N3O3S. The Bertz CT molecular complexity index is 1310. The van der Waals surface area contributed by atoms with Gasteiger partial charge in [-0.1, -0.05) is 16.0 Å². The Morgan fingerprint density at radius 2 is 1.51 bits per heavy atom. The van der Waals surface area contributed by atoms with Gasteiger partial charge in [0.2, 0.25) is 0 Å². The number of nitrogens with zero attached hydrogens (tertiary/aromatic N) is 3. The maximum Gasteiger partial charge on any atom is 0.433 e. The van der Waals surface area contributed by atoms with Gasteiger partial charge in [0.15, 0.2) is 0 Å². The van der Waals surface area contributed by atoms with Gasteiger partial charge in [0, 0.05) is 11.8 Å². The molecule has 1 aromatic carbocycles. The number of alkyl halides is 9. The summed E-state index contributed by atoms with van der Waals surface area (Å²) in [5.74, 6) is 0. The molecule has 6 nitrogen and oxygen atoms in total. The van der Waals surface area contributed by atoms with Gasteiger partial charge in [0.05, 0.1) is 28.2 Å². The zero-order chi connectivity index (χ0) is 31.3. The first kappa shape index (κ1) is 32.8. The average molecular weight is 638 g/mol. The minimum absolute atomic E-state index is 0.135. The molecule has 1 fully saturated rings. The van der Waals surface area contributed by atoms with Crippen LogP contribution in [0.15, 0.2) is 34.9 Å². The number of likely N-dealkylation sites (tertiary alicyclic amines) is 1. The maximum absolute atomic E-state index is 13.6. The van der Waals surface area contributed by atoms with Gasteiger partial charge in [-0.05, 0) is 63.4 Å². The van der Waals surface area contributed by atoms with Crippen molar-refractivity contribution in [3.63, 3.8) is 0 Å². The van der Waals surface area contributed by atoms with E-state index in [1.807, 2.05) is 0 Å². The zero-order valence-electron chi connectivity index (χ0n) is 21.2. The van der Waals surface area contributed by atoms with Crippen molar-refractivity contribution in [2.24, 2.45) is 4.40 Å². The van der Waals surface area contributed by atoms with Crippen LogP contribution in [0.3, 0.4) is 0 Å². The predicted octanol–water partition coefficient (Wildman–Crippen LogP) is 7.93. The van der Waals surface area contributed by atoms with Crippen LogP contribution in [0.5, 0.6) is 0 Å². The van der Waals surface area contributed by atoms with Crippen molar-refractivity contribution in [2.75, 3.05) is 0 Å². The predicted molar refractivity (Wildman–Crippen MR) is 131 cm³/mol. The summed E-state index contributed by atoms with van der Waals surface area (Å²) in [6, 6.07) is -2.00. The van der Waals surface area contributed by atoms with E-state index in [0.717, 1.165) is 0 Å². The van der Waals surface area contributed by atoms with Gasteiger partial charge < -0.3 is 9.66 Å². The van der Waals surface area contributed by atoms with Crippen molar-refractivity contribution in [1.29, 1.82) is 0 Å². The number of pyridine rings is 1. The largest absolute Gasteiger partial charge is 0.591 e. The van der Waals surface area contributed by atoms with Gasteiger partial charge in [-0.2, -0.15) is 39.5 Å². The van der Waals surface area contributed by atoms with E-state index in [1.165, 1.54) is 20.8 Å². The van der Waals surface area contributed by atoms with Crippen molar-refractivity contribution in [1.82, 2.24) is 9.88 Å². The quantitative estimate of drug-likeness (QED) is 0.210. The number of amides is 1. The Morgan fingerprint density at radius 1 is 0.976 bits per heavy atom. The first-order valence-corrected chi connectivity index (χ1v) is 13.0. The summed E-state index contributed by atoms with van der Waals surface area (Å²) < 4.78 is 137. The summed E-state index contributed by atoms with van der Waals surface area (Å²) in [6.45, 7) is 4.25.